The first kappa shape index (κ1) is 19.4. The third-order valence-corrected chi connectivity index (χ3v) is 4.93. The van der Waals surface area contributed by atoms with Gasteiger partial charge in [0.1, 0.15) is 5.75 Å². The van der Waals surface area contributed by atoms with Crippen LogP contribution in [0.25, 0.3) is 10.8 Å². The van der Waals surface area contributed by atoms with Crippen LogP contribution in [0.5, 0.6) is 5.75 Å². The van der Waals surface area contributed by atoms with Crippen molar-refractivity contribution >= 4 is 28.3 Å². The molecule has 8 heteroatoms. The quantitative estimate of drug-likeness (QED) is 0.469. The van der Waals surface area contributed by atoms with Gasteiger partial charge in [0, 0.05) is 31.5 Å². The third-order valence-electron chi connectivity index (χ3n) is 4.93. The topological polar surface area (TPSA) is 94.3 Å². The molecule has 3 aromatic carbocycles. The van der Waals surface area contributed by atoms with Crippen LogP contribution in [-0.4, -0.2) is 28.3 Å². The maximum Gasteiger partial charge on any atom is 0.269 e. The molecule has 0 saturated carbocycles. The highest BCUT2D eigenvalue weighted by Crippen LogP contribution is 2.36. The number of hydrogen-bond acceptors (Lipinski definition) is 6. The van der Waals surface area contributed by atoms with E-state index in [0.29, 0.717) is 11.3 Å². The number of carbonyl (C=O) groups is 1. The molecule has 152 valence electrons. The summed E-state index contributed by atoms with van der Waals surface area (Å²) < 4.78 is 11.8. The van der Waals surface area contributed by atoms with E-state index >= 15 is 0 Å². The Kier molecular flexibility index (Phi) is 4.83. The first-order chi connectivity index (χ1) is 14.4. The SMILES string of the molecule is CC(=O)N1N=C(COc2ccc3ccccc3c2)OC1(C)c1ccc([N+](=O)[O-])cc1. The summed E-state index contributed by atoms with van der Waals surface area (Å²) in [5.74, 6) is 0.564. The van der Waals surface area contributed by atoms with Gasteiger partial charge in [0.15, 0.2) is 6.61 Å². The Morgan fingerprint density at radius 3 is 2.50 bits per heavy atom. The molecule has 1 aliphatic heterocycles. The maximum absolute atomic E-state index is 12.2. The molecular formula is C22H19N3O5. The molecule has 1 aliphatic rings. The standard InChI is InChI=1S/C22H19N3O5/c1-15(26)24-22(2,18-8-10-19(11-9-18)25(27)28)30-21(23-24)14-29-20-12-7-16-5-3-4-6-17(16)13-20/h3-13H,14H2,1-2H3. The van der Waals surface area contributed by atoms with Crippen molar-refractivity contribution in [3.63, 3.8) is 0 Å². The van der Waals surface area contributed by atoms with E-state index in [-0.39, 0.29) is 24.1 Å². The summed E-state index contributed by atoms with van der Waals surface area (Å²) in [6, 6.07) is 19.5. The highest BCUT2D eigenvalue weighted by Gasteiger charge is 2.44. The number of nitro groups is 1. The van der Waals surface area contributed by atoms with Gasteiger partial charge in [0.25, 0.3) is 5.69 Å². The molecule has 1 unspecified atom stereocenters. The molecule has 1 heterocycles. The van der Waals surface area contributed by atoms with Crippen LogP contribution < -0.4 is 4.74 Å². The molecule has 0 spiro atoms. The number of ether oxygens (including phenoxy) is 2. The zero-order chi connectivity index (χ0) is 21.3. The van der Waals surface area contributed by atoms with Gasteiger partial charge >= 0.3 is 0 Å². The van der Waals surface area contributed by atoms with Crippen molar-refractivity contribution in [3.8, 4) is 5.75 Å². The Hall–Kier alpha value is -3.94. The number of non-ortho nitro benzene ring substituents is 1. The van der Waals surface area contributed by atoms with Crippen molar-refractivity contribution in [2.45, 2.75) is 19.6 Å². The van der Waals surface area contributed by atoms with Crippen molar-refractivity contribution in [2.24, 2.45) is 5.10 Å². The van der Waals surface area contributed by atoms with Crippen LogP contribution in [0.2, 0.25) is 0 Å². The van der Waals surface area contributed by atoms with E-state index in [0.717, 1.165) is 10.8 Å². The zero-order valence-corrected chi connectivity index (χ0v) is 16.4. The van der Waals surface area contributed by atoms with Crippen molar-refractivity contribution in [2.75, 3.05) is 6.61 Å². The summed E-state index contributed by atoms with van der Waals surface area (Å²) in [5, 5.41) is 18.5. The lowest BCUT2D eigenvalue weighted by molar-refractivity contribution is -0.384. The van der Waals surface area contributed by atoms with Crippen LogP contribution in [0, 0.1) is 10.1 Å². The Bertz CT molecular complexity index is 1160. The largest absolute Gasteiger partial charge is 0.484 e. The Morgan fingerprint density at radius 1 is 1.13 bits per heavy atom. The average molecular weight is 405 g/mol. The second-order valence-electron chi connectivity index (χ2n) is 7.01. The van der Waals surface area contributed by atoms with E-state index in [9.17, 15) is 14.9 Å². The fourth-order valence-electron chi connectivity index (χ4n) is 3.41. The van der Waals surface area contributed by atoms with Gasteiger partial charge in [0.05, 0.1) is 4.92 Å². The molecule has 0 aromatic heterocycles. The van der Waals surface area contributed by atoms with Gasteiger partial charge in [0.2, 0.25) is 17.5 Å². The van der Waals surface area contributed by atoms with Gasteiger partial charge in [-0.25, -0.2) is 0 Å². The van der Waals surface area contributed by atoms with Crippen molar-refractivity contribution < 1.29 is 19.2 Å². The molecule has 0 fully saturated rings. The monoisotopic (exact) mass is 405 g/mol. The zero-order valence-electron chi connectivity index (χ0n) is 16.4. The van der Waals surface area contributed by atoms with E-state index in [4.69, 9.17) is 9.47 Å². The summed E-state index contributed by atoms with van der Waals surface area (Å²) in [5.41, 5.74) is -0.702. The van der Waals surface area contributed by atoms with Gasteiger partial charge < -0.3 is 9.47 Å². The first-order valence-electron chi connectivity index (χ1n) is 9.31. The Labute approximate surface area is 172 Å². The number of rotatable bonds is 5. The van der Waals surface area contributed by atoms with Gasteiger partial charge in [-0.05, 0) is 35.0 Å². The second-order valence-corrected chi connectivity index (χ2v) is 7.01. The highest BCUT2D eigenvalue weighted by molar-refractivity contribution is 5.85. The number of amides is 1. The number of benzene rings is 3. The summed E-state index contributed by atoms with van der Waals surface area (Å²) >= 11 is 0. The molecule has 0 bridgehead atoms. The van der Waals surface area contributed by atoms with Crippen LogP contribution in [0.15, 0.2) is 71.8 Å². The molecule has 1 atom stereocenters. The van der Waals surface area contributed by atoms with Crippen LogP contribution >= 0.6 is 0 Å². The predicted octanol–water partition coefficient (Wildman–Crippen LogP) is 4.19. The summed E-state index contributed by atoms with van der Waals surface area (Å²) in [4.78, 5) is 22.6. The van der Waals surface area contributed by atoms with Crippen molar-refractivity contribution in [1.82, 2.24) is 5.01 Å². The molecule has 30 heavy (non-hydrogen) atoms. The second kappa shape index (κ2) is 7.47. The van der Waals surface area contributed by atoms with Crippen molar-refractivity contribution in [3.05, 3.63) is 82.4 Å². The molecule has 3 aromatic rings. The number of nitro benzene ring substituents is 1. The van der Waals surface area contributed by atoms with E-state index in [2.05, 4.69) is 5.10 Å². The number of hydrogen-bond donors (Lipinski definition) is 0. The molecule has 0 saturated heterocycles. The minimum atomic E-state index is -1.22. The van der Waals surface area contributed by atoms with Crippen LogP contribution in [0.3, 0.4) is 0 Å². The lowest BCUT2D eigenvalue weighted by Gasteiger charge is -2.30. The Balaban J connectivity index is 1.53. The van der Waals surface area contributed by atoms with Crippen molar-refractivity contribution in [1.29, 1.82) is 0 Å². The average Bonchev–Trinajstić information content (AvgIpc) is 3.10. The summed E-state index contributed by atoms with van der Waals surface area (Å²) in [7, 11) is 0. The molecule has 4 rings (SSSR count). The number of fused-ring (bicyclic) bond motifs is 1. The van der Waals surface area contributed by atoms with E-state index in [1.54, 1.807) is 19.1 Å². The number of hydrazone groups is 1. The number of carbonyl (C=O) groups excluding carboxylic acids is 1. The summed E-state index contributed by atoms with van der Waals surface area (Å²) in [6.45, 7) is 3.09. The highest BCUT2D eigenvalue weighted by atomic mass is 16.6. The van der Waals surface area contributed by atoms with E-state index < -0.39 is 10.6 Å². The molecule has 0 radical (unpaired) electrons. The fraction of sp³-hybridized carbons (Fsp3) is 0.182. The minimum Gasteiger partial charge on any atom is -0.484 e. The van der Waals surface area contributed by atoms with E-state index in [1.165, 1.54) is 24.1 Å². The lowest BCUT2D eigenvalue weighted by Crippen LogP contribution is -2.41. The third kappa shape index (κ3) is 3.55. The molecule has 0 aliphatic carbocycles. The first-order valence-corrected chi connectivity index (χ1v) is 9.31. The van der Waals surface area contributed by atoms with Crippen LogP contribution in [0.4, 0.5) is 5.69 Å². The molecular weight excluding hydrogens is 386 g/mol. The van der Waals surface area contributed by atoms with Crippen LogP contribution in [-0.2, 0) is 15.3 Å². The van der Waals surface area contributed by atoms with Crippen LogP contribution in [0.1, 0.15) is 19.4 Å². The molecule has 8 nitrogen and oxygen atoms in total. The molecule has 0 N–H and O–H groups in total. The van der Waals surface area contributed by atoms with E-state index in [1.807, 2.05) is 42.5 Å². The van der Waals surface area contributed by atoms with Gasteiger partial charge in [-0.3, -0.25) is 14.9 Å². The molecule has 1 amide bonds. The van der Waals surface area contributed by atoms with Gasteiger partial charge in [-0.15, -0.1) is 5.10 Å². The number of nitrogens with zero attached hydrogens (tertiary/aromatic N) is 3. The maximum atomic E-state index is 12.2. The smallest absolute Gasteiger partial charge is 0.269 e. The Morgan fingerprint density at radius 2 is 1.83 bits per heavy atom. The summed E-state index contributed by atoms with van der Waals surface area (Å²) in [6.07, 6.45) is 0. The van der Waals surface area contributed by atoms with Gasteiger partial charge in [-0.2, -0.15) is 5.01 Å². The normalized spacial score (nSPS) is 18.1. The fourth-order valence-corrected chi connectivity index (χ4v) is 3.41. The predicted molar refractivity (Wildman–Crippen MR) is 111 cm³/mol. The lowest BCUT2D eigenvalue weighted by atomic mass is 10.0. The van der Waals surface area contributed by atoms with Gasteiger partial charge in [-0.1, -0.05) is 30.3 Å². The minimum absolute atomic E-state index is 0.0324.